The number of alkyl halides is 2. The lowest BCUT2D eigenvalue weighted by Crippen LogP contribution is -2.30. The van der Waals surface area contributed by atoms with Gasteiger partial charge in [0, 0.05) is 25.2 Å². The largest absolute Gasteiger partial charge is 0.493 e. The second kappa shape index (κ2) is 9.57. The topological polar surface area (TPSA) is 60.0 Å². The predicted octanol–water partition coefficient (Wildman–Crippen LogP) is 3.93. The Balaban J connectivity index is 1.84. The van der Waals surface area contributed by atoms with Gasteiger partial charge in [0.25, 0.3) is 0 Å². The maximum absolute atomic E-state index is 12.1. The maximum Gasteiger partial charge on any atom is 0.387 e. The molecular formula is C18H20F2N2O4. The number of anilines is 1. The van der Waals surface area contributed by atoms with Crippen molar-refractivity contribution in [3.63, 3.8) is 0 Å². The number of hydroxylamine groups is 2. The van der Waals surface area contributed by atoms with Crippen LogP contribution in [0.25, 0.3) is 0 Å². The van der Waals surface area contributed by atoms with Gasteiger partial charge >= 0.3 is 12.6 Å². The van der Waals surface area contributed by atoms with Gasteiger partial charge in [-0.2, -0.15) is 8.78 Å². The van der Waals surface area contributed by atoms with Gasteiger partial charge in [-0.25, -0.2) is 9.86 Å². The van der Waals surface area contributed by atoms with Crippen LogP contribution in [0.4, 0.5) is 19.3 Å². The SMILES string of the molecule is CON(C)C(=O)Nc1cccc(OCCc2ccc(OC(F)F)cc2)c1. The third-order valence-corrected chi connectivity index (χ3v) is 3.45. The molecule has 0 spiro atoms. The third kappa shape index (κ3) is 6.21. The number of carbonyl (C=O) groups excluding carboxylic acids is 1. The van der Waals surface area contributed by atoms with Gasteiger partial charge < -0.3 is 14.8 Å². The van der Waals surface area contributed by atoms with Gasteiger partial charge in [0.2, 0.25) is 0 Å². The number of hydrogen-bond acceptors (Lipinski definition) is 4. The van der Waals surface area contributed by atoms with Crippen molar-refractivity contribution in [2.45, 2.75) is 13.0 Å². The Morgan fingerprint density at radius 3 is 2.54 bits per heavy atom. The van der Waals surface area contributed by atoms with Crippen LogP contribution in [0.2, 0.25) is 0 Å². The molecule has 0 saturated carbocycles. The van der Waals surface area contributed by atoms with Crippen LogP contribution < -0.4 is 14.8 Å². The number of rotatable bonds is 8. The van der Waals surface area contributed by atoms with Crippen molar-refractivity contribution in [3.8, 4) is 11.5 Å². The molecule has 0 saturated heterocycles. The first kappa shape index (κ1) is 19.5. The number of nitrogens with one attached hydrogen (secondary N) is 1. The van der Waals surface area contributed by atoms with Gasteiger partial charge in [-0.15, -0.1) is 0 Å². The summed E-state index contributed by atoms with van der Waals surface area (Å²) in [4.78, 5) is 16.5. The fourth-order valence-corrected chi connectivity index (χ4v) is 2.07. The van der Waals surface area contributed by atoms with Crippen LogP contribution in [0.15, 0.2) is 48.5 Å². The normalized spacial score (nSPS) is 10.5. The summed E-state index contributed by atoms with van der Waals surface area (Å²) in [5.74, 6) is 0.717. The molecule has 0 bridgehead atoms. The van der Waals surface area contributed by atoms with Crippen molar-refractivity contribution >= 4 is 11.7 Å². The highest BCUT2D eigenvalue weighted by molar-refractivity contribution is 5.88. The molecular weight excluding hydrogens is 346 g/mol. The number of halogens is 2. The minimum atomic E-state index is -2.83. The lowest BCUT2D eigenvalue weighted by Gasteiger charge is -2.15. The molecule has 0 fully saturated rings. The van der Waals surface area contributed by atoms with Crippen molar-refractivity contribution in [2.24, 2.45) is 0 Å². The highest BCUT2D eigenvalue weighted by Gasteiger charge is 2.08. The summed E-state index contributed by atoms with van der Waals surface area (Å²) < 4.78 is 34.2. The van der Waals surface area contributed by atoms with E-state index in [0.29, 0.717) is 24.5 Å². The summed E-state index contributed by atoms with van der Waals surface area (Å²) >= 11 is 0. The Bertz CT molecular complexity index is 711. The molecule has 2 aromatic rings. The molecule has 0 heterocycles. The van der Waals surface area contributed by atoms with Crippen LogP contribution in [-0.4, -0.2) is 38.5 Å². The standard InChI is InChI=1S/C18H20F2N2O4/c1-22(24-2)18(23)21-14-4-3-5-16(12-14)25-11-10-13-6-8-15(9-7-13)26-17(19)20/h3-9,12,17H,10-11H2,1-2H3,(H,21,23). The van der Waals surface area contributed by atoms with Gasteiger partial charge in [0.15, 0.2) is 0 Å². The Hall–Kier alpha value is -2.87. The number of hydrogen-bond donors (Lipinski definition) is 1. The molecule has 0 aliphatic carbocycles. The number of ether oxygens (including phenoxy) is 2. The van der Waals surface area contributed by atoms with Crippen molar-refractivity contribution in [3.05, 3.63) is 54.1 Å². The van der Waals surface area contributed by atoms with E-state index in [-0.39, 0.29) is 5.75 Å². The van der Waals surface area contributed by atoms with E-state index >= 15 is 0 Å². The molecule has 0 atom stereocenters. The van der Waals surface area contributed by atoms with E-state index in [2.05, 4.69) is 10.1 Å². The van der Waals surface area contributed by atoms with E-state index in [0.717, 1.165) is 10.6 Å². The number of benzene rings is 2. The summed E-state index contributed by atoms with van der Waals surface area (Å²) in [6, 6.07) is 12.9. The van der Waals surface area contributed by atoms with Crippen LogP contribution >= 0.6 is 0 Å². The minimum Gasteiger partial charge on any atom is -0.493 e. The molecule has 2 aromatic carbocycles. The molecule has 8 heteroatoms. The zero-order valence-corrected chi connectivity index (χ0v) is 14.4. The average molecular weight is 366 g/mol. The van der Waals surface area contributed by atoms with Crippen LogP contribution in [0.1, 0.15) is 5.56 Å². The molecule has 2 rings (SSSR count). The summed E-state index contributed by atoms with van der Waals surface area (Å²) in [6.45, 7) is -2.44. The predicted molar refractivity (Wildman–Crippen MR) is 92.5 cm³/mol. The first-order valence-electron chi connectivity index (χ1n) is 7.83. The average Bonchev–Trinajstić information content (AvgIpc) is 2.62. The molecule has 0 aliphatic heterocycles. The van der Waals surface area contributed by atoms with E-state index in [1.165, 1.54) is 26.3 Å². The number of urea groups is 1. The smallest absolute Gasteiger partial charge is 0.387 e. The fourth-order valence-electron chi connectivity index (χ4n) is 2.07. The number of carbonyl (C=O) groups is 1. The van der Waals surface area contributed by atoms with E-state index in [9.17, 15) is 13.6 Å². The lowest BCUT2D eigenvalue weighted by molar-refractivity contribution is -0.0598. The summed E-state index contributed by atoms with van der Waals surface area (Å²) in [6.07, 6.45) is 0.595. The Labute approximate surface area is 150 Å². The highest BCUT2D eigenvalue weighted by atomic mass is 19.3. The van der Waals surface area contributed by atoms with Crippen LogP contribution in [0.3, 0.4) is 0 Å². The maximum atomic E-state index is 12.1. The zero-order valence-electron chi connectivity index (χ0n) is 14.4. The first-order chi connectivity index (χ1) is 12.5. The second-order valence-corrected chi connectivity index (χ2v) is 5.26. The third-order valence-electron chi connectivity index (χ3n) is 3.45. The molecule has 6 nitrogen and oxygen atoms in total. The Kier molecular flexibility index (Phi) is 7.16. The second-order valence-electron chi connectivity index (χ2n) is 5.26. The number of amides is 2. The summed E-state index contributed by atoms with van der Waals surface area (Å²) in [5.41, 5.74) is 1.50. The Morgan fingerprint density at radius 1 is 1.15 bits per heavy atom. The van der Waals surface area contributed by atoms with Crippen LogP contribution in [-0.2, 0) is 11.3 Å². The molecule has 1 N–H and O–H groups in total. The van der Waals surface area contributed by atoms with Crippen LogP contribution in [0, 0.1) is 0 Å². The molecule has 0 radical (unpaired) electrons. The van der Waals surface area contributed by atoms with Crippen molar-refractivity contribution in [2.75, 3.05) is 26.1 Å². The van der Waals surface area contributed by atoms with Crippen molar-refractivity contribution in [1.82, 2.24) is 5.06 Å². The molecule has 0 unspecified atom stereocenters. The van der Waals surface area contributed by atoms with Gasteiger partial charge in [-0.05, 0) is 29.8 Å². The molecule has 140 valence electrons. The van der Waals surface area contributed by atoms with E-state index < -0.39 is 12.6 Å². The molecule has 0 aromatic heterocycles. The van der Waals surface area contributed by atoms with Gasteiger partial charge in [0.05, 0.1) is 13.7 Å². The van der Waals surface area contributed by atoms with Gasteiger partial charge in [0.1, 0.15) is 11.5 Å². The van der Waals surface area contributed by atoms with Gasteiger partial charge in [-0.1, -0.05) is 18.2 Å². The zero-order chi connectivity index (χ0) is 18.9. The van der Waals surface area contributed by atoms with Crippen molar-refractivity contribution in [1.29, 1.82) is 0 Å². The van der Waals surface area contributed by atoms with E-state index in [1.807, 2.05) is 0 Å². The van der Waals surface area contributed by atoms with Crippen LogP contribution in [0.5, 0.6) is 11.5 Å². The van der Waals surface area contributed by atoms with E-state index in [1.54, 1.807) is 36.4 Å². The molecule has 2 amide bonds. The number of nitrogens with zero attached hydrogens (tertiary/aromatic N) is 1. The van der Waals surface area contributed by atoms with E-state index in [4.69, 9.17) is 9.57 Å². The first-order valence-corrected chi connectivity index (χ1v) is 7.83. The molecule has 0 aliphatic rings. The van der Waals surface area contributed by atoms with Gasteiger partial charge in [-0.3, -0.25) is 4.84 Å². The minimum absolute atomic E-state index is 0.120. The summed E-state index contributed by atoms with van der Waals surface area (Å²) in [5, 5.41) is 3.73. The lowest BCUT2D eigenvalue weighted by atomic mass is 10.1. The fraction of sp³-hybridized carbons (Fsp3) is 0.278. The monoisotopic (exact) mass is 366 g/mol. The van der Waals surface area contributed by atoms with Crippen molar-refractivity contribution < 1.29 is 27.9 Å². The highest BCUT2D eigenvalue weighted by Crippen LogP contribution is 2.19. The molecule has 26 heavy (non-hydrogen) atoms. The quantitative estimate of drug-likeness (QED) is 0.719. The summed E-state index contributed by atoms with van der Waals surface area (Å²) in [7, 11) is 2.89. The Morgan fingerprint density at radius 2 is 1.88 bits per heavy atom.